The molecule has 0 saturated carbocycles. The average Bonchev–Trinajstić information content (AvgIpc) is 3.44. The second kappa shape index (κ2) is 8.67. The number of benzene rings is 3. The van der Waals surface area contributed by atoms with Crippen LogP contribution in [0.15, 0.2) is 72.8 Å². The number of carbonyl (C=O) groups excluding carboxylic acids is 2. The summed E-state index contributed by atoms with van der Waals surface area (Å²) < 4.78 is 6.23. The molecule has 166 valence electrons. The highest BCUT2D eigenvalue weighted by Gasteiger charge is 2.39. The van der Waals surface area contributed by atoms with Crippen molar-refractivity contribution in [2.45, 2.75) is 13.3 Å². The van der Waals surface area contributed by atoms with Crippen LogP contribution in [0.4, 0.5) is 16.5 Å². The highest BCUT2D eigenvalue weighted by Crippen LogP contribution is 2.37. The third-order valence-corrected chi connectivity index (χ3v) is 6.93. The first kappa shape index (κ1) is 21.2. The van der Waals surface area contributed by atoms with Gasteiger partial charge in [-0.3, -0.25) is 14.5 Å². The summed E-state index contributed by atoms with van der Waals surface area (Å²) in [6, 6.07) is 22.9. The minimum absolute atomic E-state index is 0.0625. The zero-order chi connectivity index (χ0) is 22.9. The molecule has 1 aliphatic rings. The highest BCUT2D eigenvalue weighted by atomic mass is 32.1. The number of ether oxygens (including phenoxy) is 1. The van der Waals surface area contributed by atoms with Gasteiger partial charge in [0.25, 0.3) is 0 Å². The Morgan fingerprint density at radius 2 is 1.79 bits per heavy atom. The number of nitrogens with zero attached hydrogens (tertiary/aromatic N) is 3. The van der Waals surface area contributed by atoms with Crippen molar-refractivity contribution in [2.24, 2.45) is 5.92 Å². The molecule has 0 aliphatic carbocycles. The largest absolute Gasteiger partial charge is 0.497 e. The molecule has 7 heteroatoms. The van der Waals surface area contributed by atoms with Gasteiger partial charge in [0.15, 0.2) is 5.13 Å². The number of aryl methyl sites for hydroxylation is 1. The van der Waals surface area contributed by atoms with E-state index in [0.717, 1.165) is 32.9 Å². The van der Waals surface area contributed by atoms with E-state index in [9.17, 15) is 9.59 Å². The third-order valence-electron chi connectivity index (χ3n) is 5.91. The second-order valence-corrected chi connectivity index (χ2v) is 9.04. The average molecular weight is 458 g/mol. The lowest BCUT2D eigenvalue weighted by Gasteiger charge is -2.25. The van der Waals surface area contributed by atoms with Gasteiger partial charge in [0.05, 0.1) is 28.9 Å². The predicted molar refractivity (Wildman–Crippen MR) is 131 cm³/mol. The molecule has 1 aliphatic heterocycles. The number of fused-ring (bicyclic) bond motifs is 1. The van der Waals surface area contributed by atoms with Crippen molar-refractivity contribution in [2.75, 3.05) is 23.5 Å². The number of aromatic nitrogens is 1. The first-order valence-corrected chi connectivity index (χ1v) is 11.6. The molecule has 5 rings (SSSR count). The van der Waals surface area contributed by atoms with Gasteiger partial charge in [-0.15, -0.1) is 0 Å². The molecule has 1 unspecified atom stereocenters. The zero-order valence-corrected chi connectivity index (χ0v) is 19.2. The van der Waals surface area contributed by atoms with Crippen LogP contribution in [0.1, 0.15) is 12.0 Å². The summed E-state index contributed by atoms with van der Waals surface area (Å²) in [6.45, 7) is 2.31. The summed E-state index contributed by atoms with van der Waals surface area (Å²) in [7, 11) is 1.60. The van der Waals surface area contributed by atoms with Gasteiger partial charge in [-0.05, 0) is 55.0 Å². The first-order chi connectivity index (χ1) is 16.0. The van der Waals surface area contributed by atoms with Gasteiger partial charge in [0.2, 0.25) is 11.8 Å². The number of anilines is 3. The number of hydrogen-bond donors (Lipinski definition) is 0. The van der Waals surface area contributed by atoms with Crippen LogP contribution in [0.3, 0.4) is 0 Å². The van der Waals surface area contributed by atoms with Crippen LogP contribution in [0.25, 0.3) is 10.2 Å². The van der Waals surface area contributed by atoms with Crippen LogP contribution in [0.5, 0.6) is 5.75 Å². The van der Waals surface area contributed by atoms with Crippen molar-refractivity contribution in [1.29, 1.82) is 0 Å². The molecule has 2 heterocycles. The molecular weight excluding hydrogens is 434 g/mol. The summed E-state index contributed by atoms with van der Waals surface area (Å²) in [4.78, 5) is 34.9. The number of amides is 2. The Kier molecular flexibility index (Phi) is 5.56. The lowest BCUT2D eigenvalue weighted by molar-refractivity contribution is -0.123. The molecule has 33 heavy (non-hydrogen) atoms. The smallest absolute Gasteiger partial charge is 0.238 e. The summed E-state index contributed by atoms with van der Waals surface area (Å²) >= 11 is 1.48. The molecule has 6 nitrogen and oxygen atoms in total. The minimum atomic E-state index is -0.466. The van der Waals surface area contributed by atoms with Gasteiger partial charge in [-0.25, -0.2) is 4.98 Å². The van der Waals surface area contributed by atoms with E-state index >= 15 is 0 Å². The molecule has 1 fully saturated rings. The molecule has 2 amide bonds. The summed E-state index contributed by atoms with van der Waals surface area (Å²) in [6.07, 6.45) is 0.165. The Morgan fingerprint density at radius 3 is 2.52 bits per heavy atom. The van der Waals surface area contributed by atoms with Gasteiger partial charge in [-0.1, -0.05) is 41.7 Å². The van der Waals surface area contributed by atoms with Crippen molar-refractivity contribution >= 4 is 49.9 Å². The van der Waals surface area contributed by atoms with E-state index in [1.54, 1.807) is 16.9 Å². The van der Waals surface area contributed by atoms with Crippen molar-refractivity contribution in [3.05, 3.63) is 78.4 Å². The number of carbonyl (C=O) groups is 2. The number of thiazole rings is 1. The van der Waals surface area contributed by atoms with E-state index < -0.39 is 5.92 Å². The Labute approximate surface area is 196 Å². The molecule has 1 aromatic heterocycles. The molecule has 0 spiro atoms. The van der Waals surface area contributed by atoms with E-state index in [0.29, 0.717) is 11.7 Å². The van der Waals surface area contributed by atoms with Crippen molar-refractivity contribution in [3.63, 3.8) is 0 Å². The summed E-state index contributed by atoms with van der Waals surface area (Å²) in [5.74, 6) is 0.0751. The molecule has 4 aromatic rings. The van der Waals surface area contributed by atoms with E-state index in [1.807, 2.05) is 79.7 Å². The Bertz CT molecular complexity index is 1300. The Hall–Kier alpha value is -3.71. The van der Waals surface area contributed by atoms with Crippen LogP contribution in [0, 0.1) is 12.8 Å². The Balaban J connectivity index is 1.49. The van der Waals surface area contributed by atoms with Gasteiger partial charge in [0, 0.05) is 18.7 Å². The highest BCUT2D eigenvalue weighted by molar-refractivity contribution is 7.22. The molecule has 0 bridgehead atoms. The van der Waals surface area contributed by atoms with Crippen LogP contribution in [-0.4, -0.2) is 30.5 Å². The molecule has 3 aromatic carbocycles. The van der Waals surface area contributed by atoms with Gasteiger partial charge in [-0.2, -0.15) is 0 Å². The topological polar surface area (TPSA) is 62.7 Å². The number of hydrogen-bond acceptors (Lipinski definition) is 5. The maximum absolute atomic E-state index is 13.9. The first-order valence-electron chi connectivity index (χ1n) is 10.7. The van der Waals surface area contributed by atoms with Crippen LogP contribution >= 0.6 is 11.3 Å². The fraction of sp³-hybridized carbons (Fsp3) is 0.192. The zero-order valence-electron chi connectivity index (χ0n) is 18.4. The number of para-hydroxylation sites is 2. The lowest BCUT2D eigenvalue weighted by Crippen LogP contribution is -2.34. The fourth-order valence-corrected chi connectivity index (χ4v) is 5.14. The van der Waals surface area contributed by atoms with Crippen molar-refractivity contribution in [3.8, 4) is 5.75 Å². The monoisotopic (exact) mass is 457 g/mol. The molecule has 1 atom stereocenters. The molecular formula is C26H23N3O3S. The van der Waals surface area contributed by atoms with Crippen molar-refractivity contribution in [1.82, 2.24) is 4.98 Å². The maximum Gasteiger partial charge on any atom is 0.238 e. The van der Waals surface area contributed by atoms with E-state index in [2.05, 4.69) is 0 Å². The van der Waals surface area contributed by atoms with Crippen LogP contribution < -0.4 is 14.5 Å². The molecule has 0 radical (unpaired) electrons. The van der Waals surface area contributed by atoms with Crippen LogP contribution in [-0.2, 0) is 9.59 Å². The SMILES string of the molecule is COc1ccc(N2CC(C(=O)N(c3nc4ccccc4s3)c3ccccc3C)CC2=O)cc1. The minimum Gasteiger partial charge on any atom is -0.497 e. The maximum atomic E-state index is 13.9. The quantitative estimate of drug-likeness (QED) is 0.406. The van der Waals surface area contributed by atoms with Crippen molar-refractivity contribution < 1.29 is 14.3 Å². The third kappa shape index (κ3) is 3.96. The Morgan fingerprint density at radius 1 is 1.06 bits per heavy atom. The van der Waals surface area contributed by atoms with E-state index in [4.69, 9.17) is 9.72 Å². The second-order valence-electron chi connectivity index (χ2n) is 8.03. The fourth-order valence-electron chi connectivity index (χ4n) is 4.15. The number of rotatable bonds is 5. The predicted octanol–water partition coefficient (Wildman–Crippen LogP) is 5.33. The van der Waals surface area contributed by atoms with Gasteiger partial charge in [0.1, 0.15) is 5.75 Å². The molecule has 1 saturated heterocycles. The lowest BCUT2D eigenvalue weighted by atomic mass is 10.1. The van der Waals surface area contributed by atoms with Gasteiger partial charge >= 0.3 is 0 Å². The standard InChI is InChI=1S/C26H23N3O3S/c1-17-7-3-5-9-22(17)29(26-27-21-8-4-6-10-23(21)33-26)25(31)18-15-24(30)28(16-18)19-11-13-20(32-2)14-12-19/h3-14,18H,15-16H2,1-2H3. The van der Waals surface area contributed by atoms with Crippen LogP contribution in [0.2, 0.25) is 0 Å². The number of methoxy groups -OCH3 is 1. The van der Waals surface area contributed by atoms with E-state index in [1.165, 1.54) is 11.3 Å². The molecule has 0 N–H and O–H groups in total. The normalized spacial score (nSPS) is 15.8. The van der Waals surface area contributed by atoms with E-state index in [-0.39, 0.29) is 18.2 Å². The van der Waals surface area contributed by atoms with Gasteiger partial charge < -0.3 is 9.64 Å². The summed E-state index contributed by atoms with van der Waals surface area (Å²) in [5.41, 5.74) is 3.38. The summed E-state index contributed by atoms with van der Waals surface area (Å²) in [5, 5.41) is 0.617.